The van der Waals surface area contributed by atoms with Gasteiger partial charge in [0.05, 0.1) is 6.61 Å². The first-order valence-corrected chi connectivity index (χ1v) is 8.04. The number of carbonyl (C=O) groups is 2. The SMILES string of the molecule is C[C@H](C(=O)NC(C)(C)C)N(C)C(=O)COCCOc1ccccc1. The van der Waals surface area contributed by atoms with Gasteiger partial charge in [0.15, 0.2) is 0 Å². The van der Waals surface area contributed by atoms with Crippen LogP contribution in [0.15, 0.2) is 30.3 Å². The summed E-state index contributed by atoms with van der Waals surface area (Å²) in [7, 11) is 1.60. The molecule has 0 aliphatic heterocycles. The minimum absolute atomic E-state index is 0.0816. The van der Waals surface area contributed by atoms with Crippen molar-refractivity contribution in [2.75, 3.05) is 26.9 Å². The van der Waals surface area contributed by atoms with E-state index in [0.29, 0.717) is 13.2 Å². The van der Waals surface area contributed by atoms with Gasteiger partial charge in [-0.05, 0) is 39.8 Å². The lowest BCUT2D eigenvalue weighted by atomic mass is 10.1. The van der Waals surface area contributed by atoms with Crippen molar-refractivity contribution in [3.05, 3.63) is 30.3 Å². The average Bonchev–Trinajstić information content (AvgIpc) is 2.52. The van der Waals surface area contributed by atoms with Crippen LogP contribution < -0.4 is 10.1 Å². The highest BCUT2D eigenvalue weighted by Crippen LogP contribution is 2.07. The van der Waals surface area contributed by atoms with Gasteiger partial charge >= 0.3 is 0 Å². The first-order valence-electron chi connectivity index (χ1n) is 8.04. The predicted octanol–water partition coefficient (Wildman–Crippen LogP) is 1.84. The van der Waals surface area contributed by atoms with Crippen LogP contribution in [0.1, 0.15) is 27.7 Å². The molecular weight excluding hydrogens is 308 g/mol. The van der Waals surface area contributed by atoms with Gasteiger partial charge in [-0.1, -0.05) is 18.2 Å². The normalized spacial score (nSPS) is 12.4. The summed E-state index contributed by atoms with van der Waals surface area (Å²) < 4.78 is 10.8. The van der Waals surface area contributed by atoms with Gasteiger partial charge in [0.2, 0.25) is 11.8 Å². The third-order valence-electron chi connectivity index (χ3n) is 3.32. The number of hydrogen-bond acceptors (Lipinski definition) is 4. The van der Waals surface area contributed by atoms with E-state index in [9.17, 15) is 9.59 Å². The van der Waals surface area contributed by atoms with Gasteiger partial charge in [0, 0.05) is 12.6 Å². The Hall–Kier alpha value is -2.08. The smallest absolute Gasteiger partial charge is 0.248 e. The number of likely N-dealkylation sites (N-methyl/N-ethyl adjacent to an activating group) is 1. The molecule has 0 saturated carbocycles. The highest BCUT2D eigenvalue weighted by Gasteiger charge is 2.25. The number of carbonyl (C=O) groups excluding carboxylic acids is 2. The van der Waals surface area contributed by atoms with Gasteiger partial charge in [-0.25, -0.2) is 0 Å². The molecule has 0 bridgehead atoms. The molecular formula is C18H28N2O4. The molecule has 0 aliphatic rings. The summed E-state index contributed by atoms with van der Waals surface area (Å²) in [5, 5.41) is 2.86. The topological polar surface area (TPSA) is 67.9 Å². The summed E-state index contributed by atoms with van der Waals surface area (Å²) in [4.78, 5) is 25.5. The minimum Gasteiger partial charge on any atom is -0.491 e. The van der Waals surface area contributed by atoms with Gasteiger partial charge in [0.25, 0.3) is 0 Å². The van der Waals surface area contributed by atoms with Crippen molar-refractivity contribution < 1.29 is 19.1 Å². The Morgan fingerprint density at radius 3 is 2.38 bits per heavy atom. The van der Waals surface area contributed by atoms with Crippen LogP contribution in [0.5, 0.6) is 5.75 Å². The monoisotopic (exact) mass is 336 g/mol. The molecule has 6 nitrogen and oxygen atoms in total. The number of nitrogens with one attached hydrogen (secondary N) is 1. The molecule has 0 saturated heterocycles. The van der Waals surface area contributed by atoms with Crippen molar-refractivity contribution in [2.24, 2.45) is 0 Å². The maximum atomic E-state index is 12.1. The van der Waals surface area contributed by atoms with E-state index in [0.717, 1.165) is 5.75 Å². The number of hydrogen-bond donors (Lipinski definition) is 1. The van der Waals surface area contributed by atoms with E-state index >= 15 is 0 Å². The Bertz CT molecular complexity index is 526. The largest absolute Gasteiger partial charge is 0.491 e. The zero-order valence-corrected chi connectivity index (χ0v) is 15.2. The first kappa shape index (κ1) is 20.0. The Morgan fingerprint density at radius 2 is 1.79 bits per heavy atom. The minimum atomic E-state index is -0.555. The molecule has 0 radical (unpaired) electrons. The molecule has 1 aromatic carbocycles. The fourth-order valence-electron chi connectivity index (χ4n) is 1.86. The zero-order valence-electron chi connectivity index (χ0n) is 15.2. The molecule has 6 heteroatoms. The van der Waals surface area contributed by atoms with Crippen molar-refractivity contribution in [3.63, 3.8) is 0 Å². The van der Waals surface area contributed by atoms with Gasteiger partial charge < -0.3 is 19.7 Å². The Balaban J connectivity index is 2.27. The number of rotatable bonds is 8. The van der Waals surface area contributed by atoms with Crippen molar-refractivity contribution in [2.45, 2.75) is 39.3 Å². The molecule has 0 fully saturated rings. The molecule has 24 heavy (non-hydrogen) atoms. The maximum absolute atomic E-state index is 12.1. The number of nitrogens with zero attached hydrogens (tertiary/aromatic N) is 1. The predicted molar refractivity (Wildman–Crippen MR) is 92.9 cm³/mol. The van der Waals surface area contributed by atoms with Gasteiger partial charge in [0.1, 0.15) is 25.0 Å². The molecule has 1 N–H and O–H groups in total. The van der Waals surface area contributed by atoms with Crippen molar-refractivity contribution in [3.8, 4) is 5.75 Å². The molecule has 1 rings (SSSR count). The highest BCUT2D eigenvalue weighted by molar-refractivity contribution is 5.87. The lowest BCUT2D eigenvalue weighted by Crippen LogP contribution is -2.52. The van der Waals surface area contributed by atoms with Crippen LogP contribution in [-0.2, 0) is 14.3 Å². The third kappa shape index (κ3) is 7.46. The van der Waals surface area contributed by atoms with Crippen molar-refractivity contribution >= 4 is 11.8 Å². The summed E-state index contributed by atoms with van der Waals surface area (Å²) in [6, 6.07) is 8.84. The van der Waals surface area contributed by atoms with E-state index < -0.39 is 6.04 Å². The lowest BCUT2D eigenvalue weighted by Gasteiger charge is -2.28. The van der Waals surface area contributed by atoms with E-state index in [1.165, 1.54) is 4.90 Å². The zero-order chi connectivity index (χ0) is 18.2. The lowest BCUT2D eigenvalue weighted by molar-refractivity contribution is -0.142. The van der Waals surface area contributed by atoms with Gasteiger partial charge in [-0.3, -0.25) is 9.59 Å². The average molecular weight is 336 g/mol. The number of ether oxygens (including phenoxy) is 2. The second-order valence-electron chi connectivity index (χ2n) is 6.63. The summed E-state index contributed by atoms with van der Waals surface area (Å²) in [6.07, 6.45) is 0. The van der Waals surface area contributed by atoms with E-state index in [1.54, 1.807) is 14.0 Å². The number of para-hydroxylation sites is 1. The second kappa shape index (κ2) is 9.27. The van der Waals surface area contributed by atoms with Crippen molar-refractivity contribution in [1.82, 2.24) is 10.2 Å². The molecule has 0 aromatic heterocycles. The summed E-state index contributed by atoms with van der Waals surface area (Å²) in [5.74, 6) is 0.328. The Labute approximate surface area is 144 Å². The maximum Gasteiger partial charge on any atom is 0.248 e. The van der Waals surface area contributed by atoms with Crippen LogP contribution in [0.25, 0.3) is 0 Å². The van der Waals surface area contributed by atoms with Crippen LogP contribution in [0, 0.1) is 0 Å². The molecule has 2 amide bonds. The van der Waals surface area contributed by atoms with Crippen LogP contribution in [0.2, 0.25) is 0 Å². The molecule has 0 heterocycles. The van der Waals surface area contributed by atoms with E-state index in [-0.39, 0.29) is 24.0 Å². The molecule has 0 unspecified atom stereocenters. The number of amides is 2. The molecule has 0 aliphatic carbocycles. The van der Waals surface area contributed by atoms with Crippen LogP contribution >= 0.6 is 0 Å². The van der Waals surface area contributed by atoms with E-state index in [4.69, 9.17) is 9.47 Å². The van der Waals surface area contributed by atoms with Gasteiger partial charge in [-0.2, -0.15) is 0 Å². The molecule has 0 spiro atoms. The molecule has 134 valence electrons. The summed E-state index contributed by atoms with van der Waals surface area (Å²) in [6.45, 7) is 7.97. The second-order valence-corrected chi connectivity index (χ2v) is 6.63. The standard InChI is InChI=1S/C18H28N2O4/c1-14(17(22)19-18(2,3)4)20(5)16(21)13-23-11-12-24-15-9-7-6-8-10-15/h6-10,14H,11-13H2,1-5H3,(H,19,22)/t14-/m1/s1. The quantitative estimate of drug-likeness (QED) is 0.736. The van der Waals surface area contributed by atoms with E-state index in [2.05, 4.69) is 5.32 Å². The molecule has 1 aromatic rings. The Kier molecular flexibility index (Phi) is 7.71. The highest BCUT2D eigenvalue weighted by atomic mass is 16.5. The first-order chi connectivity index (χ1) is 11.2. The van der Waals surface area contributed by atoms with E-state index in [1.807, 2.05) is 51.1 Å². The van der Waals surface area contributed by atoms with Crippen molar-refractivity contribution in [1.29, 1.82) is 0 Å². The summed E-state index contributed by atoms with van der Waals surface area (Å²) >= 11 is 0. The Morgan fingerprint density at radius 1 is 1.17 bits per heavy atom. The summed E-state index contributed by atoms with van der Waals surface area (Å²) in [5.41, 5.74) is -0.333. The molecule has 1 atom stereocenters. The van der Waals surface area contributed by atoms with Crippen LogP contribution in [-0.4, -0.2) is 55.2 Å². The van der Waals surface area contributed by atoms with Gasteiger partial charge in [-0.15, -0.1) is 0 Å². The van der Waals surface area contributed by atoms with Crippen LogP contribution in [0.4, 0.5) is 0 Å². The fraction of sp³-hybridized carbons (Fsp3) is 0.556. The number of benzene rings is 1. The fourth-order valence-corrected chi connectivity index (χ4v) is 1.86. The van der Waals surface area contributed by atoms with Crippen LogP contribution in [0.3, 0.4) is 0 Å². The third-order valence-corrected chi connectivity index (χ3v) is 3.32.